The van der Waals surface area contributed by atoms with E-state index in [4.69, 9.17) is 16.7 Å². The molecule has 2 rings (SSSR count). The Labute approximate surface area is 131 Å². The van der Waals surface area contributed by atoms with Gasteiger partial charge in [-0.2, -0.15) is 0 Å². The van der Waals surface area contributed by atoms with Crippen LogP contribution in [-0.4, -0.2) is 35.3 Å². The van der Waals surface area contributed by atoms with Crippen molar-refractivity contribution >= 4 is 38.6 Å². The van der Waals surface area contributed by atoms with Crippen LogP contribution in [0.5, 0.6) is 0 Å². The molecular weight excluding hydrogens is 334 g/mol. The van der Waals surface area contributed by atoms with Gasteiger partial charge in [0.1, 0.15) is 4.90 Å². The molecule has 8 nitrogen and oxygen atoms in total. The zero-order valence-electron chi connectivity index (χ0n) is 11.8. The molecule has 0 bridgehead atoms. The van der Waals surface area contributed by atoms with Crippen molar-refractivity contribution in [1.82, 2.24) is 15.0 Å². The molecule has 1 aromatic heterocycles. The third kappa shape index (κ3) is 3.54. The van der Waals surface area contributed by atoms with Gasteiger partial charge >= 0.3 is 5.97 Å². The van der Waals surface area contributed by atoms with Crippen LogP contribution >= 0.6 is 11.6 Å². The molecule has 0 radical (unpaired) electrons. The van der Waals surface area contributed by atoms with Crippen molar-refractivity contribution in [3.05, 3.63) is 17.2 Å². The second kappa shape index (κ2) is 5.82. The van der Waals surface area contributed by atoms with E-state index in [2.05, 4.69) is 19.7 Å². The molecule has 0 aliphatic carbocycles. The Hall–Kier alpha value is -1.71. The quantitative estimate of drug-likeness (QED) is 0.816. The van der Waals surface area contributed by atoms with Crippen molar-refractivity contribution < 1.29 is 22.9 Å². The van der Waals surface area contributed by atoms with Crippen LogP contribution in [0, 0.1) is 0 Å². The fourth-order valence-electron chi connectivity index (χ4n) is 1.92. The minimum atomic E-state index is -3.94. The van der Waals surface area contributed by atoms with Crippen LogP contribution in [0.1, 0.15) is 26.7 Å². The summed E-state index contributed by atoms with van der Waals surface area (Å²) in [5.74, 6) is -0.998. The van der Waals surface area contributed by atoms with E-state index in [0.29, 0.717) is 0 Å². The molecular formula is C12H14ClN3O5S. The van der Waals surface area contributed by atoms with Crippen LogP contribution in [0.2, 0.25) is 5.02 Å². The zero-order chi connectivity index (χ0) is 16.5. The van der Waals surface area contributed by atoms with Crippen LogP contribution < -0.4 is 4.72 Å². The summed E-state index contributed by atoms with van der Waals surface area (Å²) >= 11 is 5.90. The normalized spacial score (nSPS) is 12.7. The van der Waals surface area contributed by atoms with Gasteiger partial charge in [0.05, 0.1) is 5.02 Å². The number of aliphatic carboxylic acids is 1. The molecule has 0 aliphatic heterocycles. The molecule has 0 saturated heterocycles. The van der Waals surface area contributed by atoms with Crippen molar-refractivity contribution in [2.24, 2.45) is 0 Å². The number of hydrogen-bond donors (Lipinski definition) is 2. The number of sulfonamides is 1. The third-order valence-corrected chi connectivity index (χ3v) is 5.03. The number of fused-ring (bicyclic) bond motifs is 1. The molecule has 0 saturated carbocycles. The number of carbonyl (C=O) groups is 1. The molecule has 10 heteroatoms. The van der Waals surface area contributed by atoms with Gasteiger partial charge < -0.3 is 5.11 Å². The van der Waals surface area contributed by atoms with Gasteiger partial charge in [-0.05, 0) is 42.7 Å². The van der Waals surface area contributed by atoms with Crippen LogP contribution in [0.3, 0.4) is 0 Å². The molecule has 2 aromatic rings. The van der Waals surface area contributed by atoms with Gasteiger partial charge in [-0.15, -0.1) is 0 Å². The summed E-state index contributed by atoms with van der Waals surface area (Å²) in [4.78, 5) is 10.5. The highest BCUT2D eigenvalue weighted by Crippen LogP contribution is 2.27. The van der Waals surface area contributed by atoms with E-state index in [1.165, 1.54) is 12.1 Å². The lowest BCUT2D eigenvalue weighted by Gasteiger charge is -2.25. The van der Waals surface area contributed by atoms with Crippen molar-refractivity contribution in [3.8, 4) is 0 Å². The maximum absolute atomic E-state index is 12.5. The van der Waals surface area contributed by atoms with Crippen LogP contribution in [0.25, 0.3) is 11.0 Å². The third-order valence-electron chi connectivity index (χ3n) is 2.99. The molecule has 120 valence electrons. The minimum Gasteiger partial charge on any atom is -0.481 e. The van der Waals surface area contributed by atoms with E-state index < -0.39 is 21.5 Å². The summed E-state index contributed by atoms with van der Waals surface area (Å²) in [6, 6.07) is 2.68. The maximum atomic E-state index is 12.5. The predicted molar refractivity (Wildman–Crippen MR) is 78.1 cm³/mol. The summed E-state index contributed by atoms with van der Waals surface area (Å²) in [5.41, 5.74) is -0.776. The second-order valence-corrected chi connectivity index (χ2v) is 7.45. The van der Waals surface area contributed by atoms with Gasteiger partial charge in [0, 0.05) is 12.0 Å². The Bertz CT molecular complexity index is 815. The standard InChI is InChI=1S/C12H14ClN3O5S/c1-12(2,6-5-9(17)18)16-22(19,20)8-4-3-7(13)10-11(8)15-21-14-10/h3-4,16H,5-6H2,1-2H3,(H,17,18). The van der Waals surface area contributed by atoms with Gasteiger partial charge in [0.2, 0.25) is 10.0 Å². The molecule has 2 N–H and O–H groups in total. The highest BCUT2D eigenvalue weighted by Gasteiger charge is 2.29. The van der Waals surface area contributed by atoms with Gasteiger partial charge in [-0.1, -0.05) is 11.6 Å². The number of rotatable bonds is 6. The van der Waals surface area contributed by atoms with E-state index in [9.17, 15) is 13.2 Å². The maximum Gasteiger partial charge on any atom is 0.303 e. The largest absolute Gasteiger partial charge is 0.481 e. The van der Waals surface area contributed by atoms with E-state index in [0.717, 1.165) is 0 Å². The van der Waals surface area contributed by atoms with Gasteiger partial charge in [0.15, 0.2) is 11.0 Å². The fourth-order valence-corrected chi connectivity index (χ4v) is 3.68. The topological polar surface area (TPSA) is 122 Å². The summed E-state index contributed by atoms with van der Waals surface area (Å²) in [7, 11) is -3.94. The Morgan fingerprint density at radius 1 is 1.36 bits per heavy atom. The monoisotopic (exact) mass is 347 g/mol. The Morgan fingerprint density at radius 3 is 2.64 bits per heavy atom. The lowest BCUT2D eigenvalue weighted by Crippen LogP contribution is -2.43. The second-order valence-electron chi connectivity index (χ2n) is 5.39. The molecule has 0 atom stereocenters. The van der Waals surface area contributed by atoms with Crippen molar-refractivity contribution in [3.63, 3.8) is 0 Å². The van der Waals surface area contributed by atoms with Gasteiger partial charge in [-0.3, -0.25) is 4.79 Å². The van der Waals surface area contributed by atoms with E-state index >= 15 is 0 Å². The SMILES string of the molecule is CC(C)(CCC(=O)O)NS(=O)(=O)c1ccc(Cl)c2nonc12. The first-order chi connectivity index (χ1) is 10.1. The van der Waals surface area contributed by atoms with Crippen molar-refractivity contribution in [2.75, 3.05) is 0 Å². The van der Waals surface area contributed by atoms with Crippen LogP contribution in [0.4, 0.5) is 0 Å². The first kappa shape index (κ1) is 16.7. The number of hydrogen-bond acceptors (Lipinski definition) is 6. The molecule has 1 heterocycles. The first-order valence-corrected chi connectivity index (χ1v) is 8.15. The highest BCUT2D eigenvalue weighted by atomic mass is 35.5. The number of carboxylic acids is 1. The number of aromatic nitrogens is 2. The fraction of sp³-hybridized carbons (Fsp3) is 0.417. The summed E-state index contributed by atoms with van der Waals surface area (Å²) < 4.78 is 32.0. The predicted octanol–water partition coefficient (Wildman–Crippen LogP) is 1.80. The molecule has 0 amide bonds. The van der Waals surface area contributed by atoms with Crippen LogP contribution in [-0.2, 0) is 14.8 Å². The number of nitrogens with zero attached hydrogens (tertiary/aromatic N) is 2. The van der Waals surface area contributed by atoms with E-state index in [1.54, 1.807) is 13.8 Å². The van der Waals surface area contributed by atoms with Crippen LogP contribution in [0.15, 0.2) is 21.7 Å². The van der Waals surface area contributed by atoms with Crippen molar-refractivity contribution in [1.29, 1.82) is 0 Å². The number of nitrogens with one attached hydrogen (secondary N) is 1. The minimum absolute atomic E-state index is 0.0223. The molecule has 0 unspecified atom stereocenters. The lowest BCUT2D eigenvalue weighted by molar-refractivity contribution is -0.137. The average molecular weight is 348 g/mol. The number of carboxylic acid groups (broad SMARTS) is 1. The Balaban J connectivity index is 2.35. The average Bonchev–Trinajstić information content (AvgIpc) is 2.85. The van der Waals surface area contributed by atoms with E-state index in [-0.39, 0.29) is 33.8 Å². The first-order valence-electron chi connectivity index (χ1n) is 6.29. The van der Waals surface area contributed by atoms with E-state index in [1.807, 2.05) is 0 Å². The highest BCUT2D eigenvalue weighted by molar-refractivity contribution is 7.89. The summed E-state index contributed by atoms with van der Waals surface area (Å²) in [5, 5.41) is 16.1. The Kier molecular flexibility index (Phi) is 4.41. The number of benzene rings is 1. The molecule has 0 fully saturated rings. The summed E-state index contributed by atoms with van der Waals surface area (Å²) in [6.45, 7) is 3.20. The number of halogens is 1. The van der Waals surface area contributed by atoms with Crippen molar-refractivity contribution in [2.45, 2.75) is 37.1 Å². The smallest absolute Gasteiger partial charge is 0.303 e. The van der Waals surface area contributed by atoms with Gasteiger partial charge in [-0.25, -0.2) is 17.8 Å². The molecule has 22 heavy (non-hydrogen) atoms. The molecule has 0 aliphatic rings. The van der Waals surface area contributed by atoms with Gasteiger partial charge in [0.25, 0.3) is 0 Å². The molecule has 0 spiro atoms. The Morgan fingerprint density at radius 2 is 2.00 bits per heavy atom. The zero-order valence-corrected chi connectivity index (χ0v) is 13.4. The summed E-state index contributed by atoms with van der Waals surface area (Å²) in [6.07, 6.45) is -0.0214. The molecule has 1 aromatic carbocycles. The lowest BCUT2D eigenvalue weighted by atomic mass is 10.0.